The van der Waals surface area contributed by atoms with Gasteiger partial charge in [0.2, 0.25) is 0 Å². The summed E-state index contributed by atoms with van der Waals surface area (Å²) in [5.41, 5.74) is 0. The smallest absolute Gasteiger partial charge is 0.254 e. The van der Waals surface area contributed by atoms with Crippen molar-refractivity contribution in [2.24, 2.45) is 0 Å². The first-order valence-electron chi connectivity index (χ1n) is 2.22. The first-order valence-corrected chi connectivity index (χ1v) is 2.22. The Morgan fingerprint density at radius 1 is 1.86 bits per heavy atom. The van der Waals surface area contributed by atoms with Crippen LogP contribution in [0.2, 0.25) is 0 Å². The zero-order valence-corrected chi connectivity index (χ0v) is 3.78. The number of carbonyl (C=O) groups excluding carboxylic acids is 1. The molecule has 1 rings (SSSR count). The van der Waals surface area contributed by atoms with Gasteiger partial charge >= 0.3 is 0 Å². The molecule has 1 aliphatic rings. The molecule has 0 saturated carbocycles. The molecule has 1 saturated heterocycles. The first kappa shape index (κ1) is 4.56. The normalized spacial score (nSPS) is 30.4. The molecule has 0 bridgehead atoms. The third-order valence-electron chi connectivity index (χ3n) is 0.982. The van der Waals surface area contributed by atoms with Gasteiger partial charge in [-0.25, -0.2) is 4.39 Å². The lowest BCUT2D eigenvalue weighted by Gasteiger charge is -1.86. The molecule has 1 atom stereocenters. The van der Waals surface area contributed by atoms with E-state index in [0.29, 0.717) is 13.0 Å². The number of hydrogen-bond acceptors (Lipinski definition) is 1. The van der Waals surface area contributed by atoms with Crippen molar-refractivity contribution in [3.63, 3.8) is 0 Å². The fourth-order valence-electron chi connectivity index (χ4n) is 0.564. The summed E-state index contributed by atoms with van der Waals surface area (Å²) >= 11 is 0. The van der Waals surface area contributed by atoms with Crippen LogP contribution in [0.3, 0.4) is 0 Å². The lowest BCUT2D eigenvalue weighted by Crippen LogP contribution is -2.19. The highest BCUT2D eigenvalue weighted by molar-refractivity contribution is 5.82. The van der Waals surface area contributed by atoms with E-state index in [1.165, 1.54) is 0 Å². The van der Waals surface area contributed by atoms with Gasteiger partial charge in [-0.05, 0) is 0 Å². The molecule has 3 heteroatoms. The Morgan fingerprint density at radius 3 is 2.71 bits per heavy atom. The SMILES string of the molecule is O=C1NCC[C@H]1F. The van der Waals surface area contributed by atoms with Gasteiger partial charge in [-0.15, -0.1) is 0 Å². The van der Waals surface area contributed by atoms with Crippen LogP contribution in [0, 0.1) is 0 Å². The predicted octanol–water partition coefficient (Wildman–Crippen LogP) is -0.156. The summed E-state index contributed by atoms with van der Waals surface area (Å²) < 4.78 is 11.9. The van der Waals surface area contributed by atoms with Crippen LogP contribution in [0.1, 0.15) is 6.42 Å². The van der Waals surface area contributed by atoms with Crippen LogP contribution in [0.4, 0.5) is 4.39 Å². The molecule has 0 aliphatic carbocycles. The van der Waals surface area contributed by atoms with E-state index in [-0.39, 0.29) is 0 Å². The van der Waals surface area contributed by atoms with E-state index >= 15 is 0 Å². The minimum absolute atomic E-state index is 0.346. The molecule has 2 nitrogen and oxygen atoms in total. The van der Waals surface area contributed by atoms with Crippen molar-refractivity contribution in [3.05, 3.63) is 0 Å². The molecular formula is C4H6FNO. The van der Waals surface area contributed by atoms with Gasteiger partial charge in [0.25, 0.3) is 5.91 Å². The first-order chi connectivity index (χ1) is 3.30. The highest BCUT2D eigenvalue weighted by Gasteiger charge is 2.22. The van der Waals surface area contributed by atoms with E-state index in [1.54, 1.807) is 0 Å². The number of amides is 1. The number of hydrogen-bond donors (Lipinski definition) is 1. The molecule has 1 N–H and O–H groups in total. The van der Waals surface area contributed by atoms with E-state index in [1.807, 2.05) is 0 Å². The van der Waals surface area contributed by atoms with Gasteiger partial charge in [0, 0.05) is 13.0 Å². The maximum absolute atomic E-state index is 11.9. The zero-order valence-electron chi connectivity index (χ0n) is 3.78. The predicted molar refractivity (Wildman–Crippen MR) is 22.5 cm³/mol. The van der Waals surface area contributed by atoms with Gasteiger partial charge in [-0.3, -0.25) is 4.79 Å². The number of halogens is 1. The summed E-state index contributed by atoms with van der Waals surface area (Å²) in [5, 5.41) is 2.36. The number of rotatable bonds is 0. The Morgan fingerprint density at radius 2 is 2.57 bits per heavy atom. The Kier molecular flexibility index (Phi) is 0.964. The molecule has 0 radical (unpaired) electrons. The summed E-state index contributed by atoms with van der Waals surface area (Å²) in [6, 6.07) is 0. The third kappa shape index (κ3) is 0.706. The number of alkyl halides is 1. The van der Waals surface area contributed by atoms with Crippen LogP contribution in [0.25, 0.3) is 0 Å². The topological polar surface area (TPSA) is 29.1 Å². The van der Waals surface area contributed by atoms with E-state index < -0.39 is 12.1 Å². The van der Waals surface area contributed by atoms with Gasteiger partial charge in [0.15, 0.2) is 6.17 Å². The van der Waals surface area contributed by atoms with Crippen molar-refractivity contribution < 1.29 is 9.18 Å². The summed E-state index contributed by atoms with van der Waals surface area (Å²) in [5.74, 6) is -0.458. The van der Waals surface area contributed by atoms with Crippen molar-refractivity contribution in [3.8, 4) is 0 Å². The van der Waals surface area contributed by atoms with E-state index in [0.717, 1.165) is 0 Å². The zero-order chi connectivity index (χ0) is 5.28. The minimum Gasteiger partial charge on any atom is -0.353 e. The van der Waals surface area contributed by atoms with Crippen molar-refractivity contribution in [1.82, 2.24) is 5.32 Å². The molecule has 0 aromatic rings. The standard InChI is InChI=1S/C4H6FNO/c5-3-1-2-6-4(3)7/h3H,1-2H2,(H,6,7)/t3-/m1/s1. The second kappa shape index (κ2) is 1.48. The molecule has 0 aromatic carbocycles. The molecule has 1 heterocycles. The van der Waals surface area contributed by atoms with Gasteiger partial charge in [0.05, 0.1) is 0 Å². The molecular weight excluding hydrogens is 97.0 g/mol. The summed E-state index contributed by atoms with van der Waals surface area (Å²) in [4.78, 5) is 10.1. The maximum atomic E-state index is 11.9. The quantitative estimate of drug-likeness (QED) is 0.453. The molecule has 40 valence electrons. The average molecular weight is 103 g/mol. The van der Waals surface area contributed by atoms with Crippen LogP contribution >= 0.6 is 0 Å². The van der Waals surface area contributed by atoms with Crippen LogP contribution < -0.4 is 5.32 Å². The van der Waals surface area contributed by atoms with Crippen LogP contribution in [-0.2, 0) is 4.79 Å². The van der Waals surface area contributed by atoms with Gasteiger partial charge in [-0.1, -0.05) is 0 Å². The minimum atomic E-state index is -1.24. The molecule has 1 fully saturated rings. The van der Waals surface area contributed by atoms with Gasteiger partial charge < -0.3 is 5.32 Å². The maximum Gasteiger partial charge on any atom is 0.254 e. The molecule has 7 heavy (non-hydrogen) atoms. The van der Waals surface area contributed by atoms with Crippen molar-refractivity contribution >= 4 is 5.91 Å². The summed E-state index contributed by atoms with van der Waals surface area (Å²) in [7, 11) is 0. The summed E-state index contributed by atoms with van der Waals surface area (Å²) in [6.07, 6.45) is -0.890. The fraction of sp³-hybridized carbons (Fsp3) is 0.750. The van der Waals surface area contributed by atoms with Gasteiger partial charge in [-0.2, -0.15) is 0 Å². The van der Waals surface area contributed by atoms with E-state index in [4.69, 9.17) is 0 Å². The van der Waals surface area contributed by atoms with Crippen molar-refractivity contribution in [1.29, 1.82) is 0 Å². The monoisotopic (exact) mass is 103 g/mol. The largest absolute Gasteiger partial charge is 0.353 e. The van der Waals surface area contributed by atoms with Crippen LogP contribution in [0.5, 0.6) is 0 Å². The average Bonchev–Trinajstić information content (AvgIpc) is 1.91. The fourth-order valence-corrected chi connectivity index (χ4v) is 0.564. The van der Waals surface area contributed by atoms with Crippen LogP contribution in [0.15, 0.2) is 0 Å². The Labute approximate surface area is 40.7 Å². The van der Waals surface area contributed by atoms with Crippen molar-refractivity contribution in [2.45, 2.75) is 12.6 Å². The molecule has 1 aliphatic heterocycles. The van der Waals surface area contributed by atoms with Gasteiger partial charge in [0.1, 0.15) is 0 Å². The lowest BCUT2D eigenvalue weighted by atomic mass is 10.3. The van der Waals surface area contributed by atoms with Crippen LogP contribution in [-0.4, -0.2) is 18.6 Å². The highest BCUT2D eigenvalue weighted by Crippen LogP contribution is 2.01. The second-order valence-corrected chi connectivity index (χ2v) is 1.55. The number of carbonyl (C=O) groups is 1. The third-order valence-corrected chi connectivity index (χ3v) is 0.982. The Bertz CT molecular complexity index is 93.7. The Balaban J connectivity index is 2.48. The number of nitrogens with one attached hydrogen (secondary N) is 1. The summed E-state index contributed by atoms with van der Waals surface area (Å²) in [6.45, 7) is 0.500. The second-order valence-electron chi connectivity index (χ2n) is 1.55. The Hall–Kier alpha value is -0.600. The molecule has 0 unspecified atom stereocenters. The van der Waals surface area contributed by atoms with E-state index in [2.05, 4.69) is 5.32 Å². The molecule has 0 aromatic heterocycles. The van der Waals surface area contributed by atoms with Crippen molar-refractivity contribution in [2.75, 3.05) is 6.54 Å². The highest BCUT2D eigenvalue weighted by atomic mass is 19.1. The van der Waals surface area contributed by atoms with E-state index in [9.17, 15) is 9.18 Å². The molecule has 1 amide bonds. The molecule has 0 spiro atoms. The lowest BCUT2D eigenvalue weighted by molar-refractivity contribution is -0.123.